The van der Waals surface area contributed by atoms with Gasteiger partial charge in [-0.3, -0.25) is 0 Å². The molecule has 6 aromatic rings. The molecule has 0 spiro atoms. The van der Waals surface area contributed by atoms with Crippen LogP contribution < -0.4 is 10.4 Å². The van der Waals surface area contributed by atoms with Crippen LogP contribution in [-0.2, 0) is 5.41 Å². The summed E-state index contributed by atoms with van der Waals surface area (Å²) in [5.41, 5.74) is 14.1. The Hall–Kier alpha value is -4.86. The number of hydrogen-bond donors (Lipinski definition) is 1. The van der Waals surface area contributed by atoms with Crippen LogP contribution in [0.1, 0.15) is 25.0 Å². The van der Waals surface area contributed by atoms with E-state index in [2.05, 4.69) is 140 Å². The van der Waals surface area contributed by atoms with E-state index < -0.39 is 0 Å². The molecule has 0 unspecified atom stereocenters. The Bertz CT molecular complexity index is 1860. The van der Waals surface area contributed by atoms with E-state index in [-0.39, 0.29) is 5.41 Å². The van der Waals surface area contributed by atoms with Crippen LogP contribution in [0.15, 0.2) is 146 Å². The van der Waals surface area contributed by atoms with Crippen LogP contribution in [0.4, 0.5) is 17.1 Å². The molecule has 1 aliphatic rings. The molecule has 1 aliphatic carbocycles. The molecule has 3 heteroatoms. The summed E-state index contributed by atoms with van der Waals surface area (Å²) < 4.78 is 0. The second-order valence-corrected chi connectivity index (χ2v) is 11.4. The van der Waals surface area contributed by atoms with Crippen LogP contribution in [0.3, 0.4) is 0 Å². The van der Waals surface area contributed by atoms with Gasteiger partial charge in [-0.1, -0.05) is 129 Å². The van der Waals surface area contributed by atoms with Crippen LogP contribution in [0.2, 0.25) is 0 Å². The third kappa shape index (κ3) is 4.53. The van der Waals surface area contributed by atoms with Gasteiger partial charge in [0.2, 0.25) is 0 Å². The Morgan fingerprint density at radius 2 is 0.952 bits per heavy atom. The minimum absolute atomic E-state index is 0.0766. The first kappa shape index (κ1) is 26.1. The van der Waals surface area contributed by atoms with Gasteiger partial charge in [0.1, 0.15) is 0 Å². The van der Waals surface area contributed by atoms with E-state index in [0.717, 1.165) is 41.1 Å². The maximum absolute atomic E-state index is 9.31. The standard InChI is InChI=1S/C39H31BNO/c1-39(2)37-11-7-6-10-35(37)36-25-24-34(26-38(36)39)41(32-20-14-29(15-21-32)27-8-4-3-5-9-27)33-22-16-30(17-23-33)28-12-18-31(40-42)19-13-28/h3-26,42H,1-2H3. The van der Waals surface area contributed by atoms with Gasteiger partial charge in [-0.05, 0) is 80.9 Å². The predicted octanol–water partition coefficient (Wildman–Crippen LogP) is 9.03. The van der Waals surface area contributed by atoms with Gasteiger partial charge in [0.25, 0.3) is 0 Å². The first-order valence-electron chi connectivity index (χ1n) is 14.4. The third-order valence-corrected chi connectivity index (χ3v) is 8.58. The highest BCUT2D eigenvalue weighted by molar-refractivity contribution is 6.45. The molecule has 201 valence electrons. The lowest BCUT2D eigenvalue weighted by Crippen LogP contribution is -2.16. The number of anilines is 3. The molecule has 0 saturated heterocycles. The molecule has 0 fully saturated rings. The summed E-state index contributed by atoms with van der Waals surface area (Å²) in [4.78, 5) is 2.35. The summed E-state index contributed by atoms with van der Waals surface area (Å²) in [5, 5.41) is 9.31. The Kier molecular flexibility index (Phi) is 6.53. The molecule has 0 amide bonds. The predicted molar refractivity (Wildman–Crippen MR) is 177 cm³/mol. The van der Waals surface area contributed by atoms with Gasteiger partial charge >= 0.3 is 7.48 Å². The number of benzene rings is 6. The number of fused-ring (bicyclic) bond motifs is 3. The van der Waals surface area contributed by atoms with Crippen molar-refractivity contribution in [1.29, 1.82) is 0 Å². The summed E-state index contributed by atoms with van der Waals surface area (Å²) in [7, 11) is 1.13. The molecule has 0 bridgehead atoms. The van der Waals surface area contributed by atoms with Crippen LogP contribution >= 0.6 is 0 Å². The zero-order chi connectivity index (χ0) is 28.7. The van der Waals surface area contributed by atoms with Gasteiger partial charge in [0.15, 0.2) is 0 Å². The van der Waals surface area contributed by atoms with Crippen LogP contribution in [0.25, 0.3) is 33.4 Å². The van der Waals surface area contributed by atoms with Gasteiger partial charge in [-0.15, -0.1) is 0 Å². The highest BCUT2D eigenvalue weighted by Crippen LogP contribution is 2.50. The summed E-state index contributed by atoms with van der Waals surface area (Å²) in [6, 6.07) is 51.7. The second kappa shape index (κ2) is 10.5. The Morgan fingerprint density at radius 3 is 1.55 bits per heavy atom. The minimum Gasteiger partial charge on any atom is -0.450 e. The third-order valence-electron chi connectivity index (χ3n) is 8.58. The van der Waals surface area contributed by atoms with Crippen LogP contribution in [0.5, 0.6) is 0 Å². The lowest BCUT2D eigenvalue weighted by molar-refractivity contribution is 0.615. The van der Waals surface area contributed by atoms with Crippen molar-refractivity contribution in [1.82, 2.24) is 0 Å². The average Bonchev–Trinajstić information content (AvgIpc) is 3.28. The van der Waals surface area contributed by atoms with E-state index in [4.69, 9.17) is 0 Å². The molecular formula is C39H31BNO. The monoisotopic (exact) mass is 540 g/mol. The number of hydrogen-bond acceptors (Lipinski definition) is 2. The smallest absolute Gasteiger partial charge is 0.326 e. The van der Waals surface area contributed by atoms with E-state index >= 15 is 0 Å². The zero-order valence-electron chi connectivity index (χ0n) is 23.8. The maximum Gasteiger partial charge on any atom is 0.326 e. The fourth-order valence-corrected chi connectivity index (χ4v) is 6.28. The molecule has 0 heterocycles. The molecule has 2 nitrogen and oxygen atoms in total. The van der Waals surface area contributed by atoms with E-state index in [1.165, 1.54) is 33.4 Å². The lowest BCUT2D eigenvalue weighted by atomic mass is 9.82. The fourth-order valence-electron chi connectivity index (χ4n) is 6.28. The van der Waals surface area contributed by atoms with Crippen molar-refractivity contribution in [2.24, 2.45) is 0 Å². The van der Waals surface area contributed by atoms with E-state index in [1.54, 1.807) is 0 Å². The van der Waals surface area contributed by atoms with Gasteiger partial charge in [0, 0.05) is 22.5 Å². The van der Waals surface area contributed by atoms with Crippen molar-refractivity contribution in [3.05, 3.63) is 157 Å². The largest absolute Gasteiger partial charge is 0.450 e. The summed E-state index contributed by atoms with van der Waals surface area (Å²) >= 11 is 0. The SMILES string of the molecule is CC1(C)c2ccccc2-c2ccc(N(c3ccc(-c4ccccc4)cc3)c3ccc(-c4ccc([B]O)cc4)cc3)cc21. The fraction of sp³-hybridized carbons (Fsp3) is 0.0769. The average molecular weight is 540 g/mol. The first-order chi connectivity index (χ1) is 20.5. The molecule has 0 aromatic heterocycles. The second-order valence-electron chi connectivity index (χ2n) is 11.4. The quantitative estimate of drug-likeness (QED) is 0.213. The van der Waals surface area contributed by atoms with Gasteiger partial charge in [-0.25, -0.2) is 0 Å². The molecule has 0 aliphatic heterocycles. The molecule has 1 N–H and O–H groups in total. The van der Waals surface area contributed by atoms with Crippen molar-refractivity contribution in [3.8, 4) is 33.4 Å². The lowest BCUT2D eigenvalue weighted by Gasteiger charge is -2.28. The zero-order valence-corrected chi connectivity index (χ0v) is 23.8. The number of nitrogens with zero attached hydrogens (tertiary/aromatic N) is 1. The van der Waals surface area contributed by atoms with Crippen LogP contribution in [-0.4, -0.2) is 12.5 Å². The highest BCUT2D eigenvalue weighted by atomic mass is 16.2. The molecular weight excluding hydrogens is 509 g/mol. The molecule has 7 rings (SSSR count). The molecule has 0 atom stereocenters. The normalized spacial score (nSPS) is 12.8. The molecule has 1 radical (unpaired) electrons. The first-order valence-corrected chi connectivity index (χ1v) is 14.4. The number of rotatable bonds is 6. The van der Waals surface area contributed by atoms with Crippen molar-refractivity contribution in [2.45, 2.75) is 19.3 Å². The highest BCUT2D eigenvalue weighted by Gasteiger charge is 2.35. The summed E-state index contributed by atoms with van der Waals surface area (Å²) in [5.74, 6) is 0. The van der Waals surface area contributed by atoms with E-state index in [9.17, 15) is 5.02 Å². The Morgan fingerprint density at radius 1 is 0.476 bits per heavy atom. The van der Waals surface area contributed by atoms with Crippen molar-refractivity contribution < 1.29 is 5.02 Å². The van der Waals surface area contributed by atoms with Crippen molar-refractivity contribution >= 4 is 30.0 Å². The molecule has 6 aromatic carbocycles. The minimum atomic E-state index is -0.0766. The Balaban J connectivity index is 1.32. The molecule has 42 heavy (non-hydrogen) atoms. The maximum atomic E-state index is 9.31. The van der Waals surface area contributed by atoms with E-state index in [1.807, 2.05) is 24.3 Å². The Labute approximate surface area is 248 Å². The topological polar surface area (TPSA) is 23.5 Å². The van der Waals surface area contributed by atoms with Crippen LogP contribution in [0, 0.1) is 0 Å². The van der Waals surface area contributed by atoms with E-state index in [0.29, 0.717) is 0 Å². The van der Waals surface area contributed by atoms with Gasteiger partial charge in [-0.2, -0.15) is 0 Å². The van der Waals surface area contributed by atoms with Gasteiger partial charge < -0.3 is 9.92 Å². The van der Waals surface area contributed by atoms with Gasteiger partial charge in [0.05, 0.1) is 0 Å². The summed E-state index contributed by atoms with van der Waals surface area (Å²) in [6.07, 6.45) is 0. The van der Waals surface area contributed by atoms with Crippen molar-refractivity contribution in [2.75, 3.05) is 4.90 Å². The summed E-state index contributed by atoms with van der Waals surface area (Å²) in [6.45, 7) is 4.66. The molecule has 0 saturated carbocycles. The van der Waals surface area contributed by atoms with Crippen molar-refractivity contribution in [3.63, 3.8) is 0 Å².